The average molecular weight is 299 g/mol. The van der Waals surface area contributed by atoms with Crippen LogP contribution in [0.1, 0.15) is 12.5 Å². The van der Waals surface area contributed by atoms with Crippen LogP contribution in [-0.4, -0.2) is 22.7 Å². The summed E-state index contributed by atoms with van der Waals surface area (Å²) in [6.07, 6.45) is -2.86. The molecule has 2 rings (SSSR count). The van der Waals surface area contributed by atoms with Crippen molar-refractivity contribution in [1.82, 2.24) is 15.1 Å². The van der Waals surface area contributed by atoms with Crippen LogP contribution >= 0.6 is 0 Å². The normalized spacial score (nSPS) is 11.7. The fourth-order valence-corrected chi connectivity index (χ4v) is 2.01. The van der Waals surface area contributed by atoms with Crippen LogP contribution in [0.4, 0.5) is 13.2 Å². The summed E-state index contributed by atoms with van der Waals surface area (Å²) < 4.78 is 42.4. The molecule has 0 fully saturated rings. The first-order chi connectivity index (χ1) is 9.89. The smallest absolute Gasteiger partial charge is 0.406 e. The minimum absolute atomic E-state index is 0.250. The third-order valence-corrected chi connectivity index (χ3v) is 2.81. The molecule has 0 atom stereocenters. The molecule has 0 spiro atoms. The second-order valence-corrected chi connectivity index (χ2v) is 4.53. The quantitative estimate of drug-likeness (QED) is 0.922. The van der Waals surface area contributed by atoms with E-state index >= 15 is 0 Å². The highest BCUT2D eigenvalue weighted by atomic mass is 19.4. The number of halogens is 3. The molecular formula is C14H16F3N3O. The molecule has 0 radical (unpaired) electrons. The van der Waals surface area contributed by atoms with Gasteiger partial charge in [0, 0.05) is 30.9 Å². The van der Waals surface area contributed by atoms with Crippen molar-refractivity contribution in [2.75, 3.05) is 6.54 Å². The van der Waals surface area contributed by atoms with E-state index in [1.165, 1.54) is 18.2 Å². The van der Waals surface area contributed by atoms with E-state index in [9.17, 15) is 13.2 Å². The number of ether oxygens (including phenoxy) is 1. The van der Waals surface area contributed by atoms with E-state index in [0.717, 1.165) is 12.1 Å². The van der Waals surface area contributed by atoms with Crippen LogP contribution in [0.15, 0.2) is 30.5 Å². The summed E-state index contributed by atoms with van der Waals surface area (Å²) in [6, 6.07) is 5.83. The van der Waals surface area contributed by atoms with Crippen molar-refractivity contribution in [3.63, 3.8) is 0 Å². The van der Waals surface area contributed by atoms with E-state index in [4.69, 9.17) is 0 Å². The molecule has 1 aromatic heterocycles. The summed E-state index contributed by atoms with van der Waals surface area (Å²) in [4.78, 5) is 0. The van der Waals surface area contributed by atoms with Crippen LogP contribution in [0.25, 0.3) is 11.3 Å². The molecule has 0 aliphatic rings. The van der Waals surface area contributed by atoms with Gasteiger partial charge in [-0.2, -0.15) is 5.10 Å². The minimum atomic E-state index is -4.70. The highest BCUT2D eigenvalue weighted by Crippen LogP contribution is 2.28. The van der Waals surface area contributed by atoms with Gasteiger partial charge in [0.25, 0.3) is 0 Å². The van der Waals surface area contributed by atoms with Crippen molar-refractivity contribution in [1.29, 1.82) is 0 Å². The molecule has 0 amide bonds. The van der Waals surface area contributed by atoms with Gasteiger partial charge in [-0.15, -0.1) is 13.2 Å². The van der Waals surface area contributed by atoms with Gasteiger partial charge in [0.2, 0.25) is 0 Å². The third kappa shape index (κ3) is 4.22. The number of nitrogens with zero attached hydrogens (tertiary/aromatic N) is 2. The maximum absolute atomic E-state index is 12.3. The highest BCUT2D eigenvalue weighted by molar-refractivity contribution is 5.64. The fourth-order valence-electron chi connectivity index (χ4n) is 2.01. The maximum Gasteiger partial charge on any atom is 0.573 e. The van der Waals surface area contributed by atoms with Crippen molar-refractivity contribution < 1.29 is 17.9 Å². The molecule has 0 saturated carbocycles. The molecule has 0 saturated heterocycles. The Bertz CT molecular complexity index is 608. The first-order valence-corrected chi connectivity index (χ1v) is 6.48. The Morgan fingerprint density at radius 1 is 1.33 bits per heavy atom. The van der Waals surface area contributed by atoms with E-state index in [1.807, 2.05) is 13.1 Å². The predicted molar refractivity (Wildman–Crippen MR) is 72.7 cm³/mol. The van der Waals surface area contributed by atoms with Crippen LogP contribution in [0.2, 0.25) is 0 Å². The lowest BCUT2D eigenvalue weighted by molar-refractivity contribution is -0.274. The third-order valence-electron chi connectivity index (χ3n) is 2.81. The summed E-state index contributed by atoms with van der Waals surface area (Å²) in [6.45, 7) is 3.38. The van der Waals surface area contributed by atoms with Gasteiger partial charge < -0.3 is 10.1 Å². The molecule has 1 heterocycles. The summed E-state index contributed by atoms with van der Waals surface area (Å²) in [5.41, 5.74) is 2.15. The van der Waals surface area contributed by atoms with Gasteiger partial charge in [-0.05, 0) is 18.7 Å². The standard InChI is InChI=1S/C14H16F3N3O/c1-3-18-8-11-9-20(2)19-13(11)10-5-4-6-12(7-10)21-14(15,16)17/h4-7,9,18H,3,8H2,1-2H3. The SMILES string of the molecule is CCNCc1cn(C)nc1-c1cccc(OC(F)(F)F)c1. The lowest BCUT2D eigenvalue weighted by Crippen LogP contribution is -2.17. The number of nitrogens with one attached hydrogen (secondary N) is 1. The Kier molecular flexibility index (Phi) is 4.52. The summed E-state index contributed by atoms with van der Waals surface area (Å²) in [5, 5.41) is 7.49. The second-order valence-electron chi connectivity index (χ2n) is 4.53. The monoisotopic (exact) mass is 299 g/mol. The van der Waals surface area contributed by atoms with E-state index < -0.39 is 6.36 Å². The van der Waals surface area contributed by atoms with Crippen molar-refractivity contribution in [3.8, 4) is 17.0 Å². The lowest BCUT2D eigenvalue weighted by atomic mass is 10.1. The van der Waals surface area contributed by atoms with Crippen LogP contribution in [-0.2, 0) is 13.6 Å². The molecule has 0 unspecified atom stereocenters. The largest absolute Gasteiger partial charge is 0.573 e. The fraction of sp³-hybridized carbons (Fsp3) is 0.357. The summed E-state index contributed by atoms with van der Waals surface area (Å²) in [7, 11) is 1.77. The number of aryl methyl sites for hydroxylation is 1. The molecular weight excluding hydrogens is 283 g/mol. The van der Waals surface area contributed by atoms with Crippen molar-refractivity contribution >= 4 is 0 Å². The van der Waals surface area contributed by atoms with E-state index in [-0.39, 0.29) is 5.75 Å². The zero-order valence-corrected chi connectivity index (χ0v) is 11.7. The first kappa shape index (κ1) is 15.4. The Morgan fingerprint density at radius 3 is 2.76 bits per heavy atom. The molecule has 2 aromatic rings. The Hall–Kier alpha value is -2.02. The zero-order chi connectivity index (χ0) is 15.5. The number of hydrogen-bond acceptors (Lipinski definition) is 3. The Morgan fingerprint density at radius 2 is 2.10 bits per heavy atom. The zero-order valence-electron chi connectivity index (χ0n) is 11.7. The Labute approximate surface area is 120 Å². The van der Waals surface area contributed by atoms with Crippen LogP contribution < -0.4 is 10.1 Å². The second kappa shape index (κ2) is 6.17. The summed E-state index contributed by atoms with van der Waals surface area (Å²) >= 11 is 0. The van der Waals surface area contributed by atoms with Gasteiger partial charge in [-0.3, -0.25) is 4.68 Å². The van der Waals surface area contributed by atoms with Crippen molar-refractivity contribution in [3.05, 3.63) is 36.0 Å². The first-order valence-electron chi connectivity index (χ1n) is 6.48. The molecule has 7 heteroatoms. The number of aromatic nitrogens is 2. The molecule has 1 aromatic carbocycles. The van der Waals surface area contributed by atoms with Gasteiger partial charge in [-0.25, -0.2) is 0 Å². The number of alkyl halides is 3. The summed E-state index contributed by atoms with van der Waals surface area (Å²) in [5.74, 6) is -0.250. The topological polar surface area (TPSA) is 39.1 Å². The van der Waals surface area contributed by atoms with Gasteiger partial charge in [-0.1, -0.05) is 19.1 Å². The van der Waals surface area contributed by atoms with Crippen molar-refractivity contribution in [2.24, 2.45) is 7.05 Å². The molecule has 1 N–H and O–H groups in total. The van der Waals surface area contributed by atoms with Gasteiger partial charge >= 0.3 is 6.36 Å². The minimum Gasteiger partial charge on any atom is -0.406 e. The highest BCUT2D eigenvalue weighted by Gasteiger charge is 2.31. The maximum atomic E-state index is 12.3. The molecule has 0 bridgehead atoms. The van der Waals surface area contributed by atoms with Gasteiger partial charge in [0.05, 0.1) is 5.69 Å². The van der Waals surface area contributed by atoms with Crippen LogP contribution in [0, 0.1) is 0 Å². The van der Waals surface area contributed by atoms with E-state index in [0.29, 0.717) is 17.8 Å². The van der Waals surface area contributed by atoms with Gasteiger partial charge in [0.1, 0.15) is 5.75 Å². The molecule has 4 nitrogen and oxygen atoms in total. The molecule has 114 valence electrons. The molecule has 0 aliphatic heterocycles. The lowest BCUT2D eigenvalue weighted by Gasteiger charge is -2.10. The number of hydrogen-bond donors (Lipinski definition) is 1. The Balaban J connectivity index is 2.31. The predicted octanol–water partition coefficient (Wildman–Crippen LogP) is 3.10. The molecule has 0 aliphatic carbocycles. The van der Waals surface area contributed by atoms with Crippen LogP contribution in [0.3, 0.4) is 0 Å². The molecule has 21 heavy (non-hydrogen) atoms. The van der Waals surface area contributed by atoms with Crippen LogP contribution in [0.5, 0.6) is 5.75 Å². The van der Waals surface area contributed by atoms with E-state index in [1.54, 1.807) is 17.8 Å². The van der Waals surface area contributed by atoms with Crippen molar-refractivity contribution in [2.45, 2.75) is 19.8 Å². The number of rotatable bonds is 5. The average Bonchev–Trinajstić information content (AvgIpc) is 2.76. The number of benzene rings is 1. The van der Waals surface area contributed by atoms with E-state index in [2.05, 4.69) is 15.2 Å². The van der Waals surface area contributed by atoms with Gasteiger partial charge in [0.15, 0.2) is 0 Å².